The minimum Gasteiger partial charge on any atom is -0.100 e. The summed E-state index contributed by atoms with van der Waals surface area (Å²) in [5, 5.41) is 0. The molecule has 0 aromatic heterocycles. The number of hydrogen-bond acceptors (Lipinski definition) is 0. The largest absolute Gasteiger partial charge is 0.100 e. The highest BCUT2D eigenvalue weighted by atomic mass is 14.5. The molecule has 2 saturated carbocycles. The average molecular weight is 357 g/mol. The van der Waals surface area contributed by atoms with Crippen molar-refractivity contribution in [1.29, 1.82) is 0 Å². The first-order valence-corrected chi connectivity index (χ1v) is 11.7. The molecule has 0 N–H and O–H groups in total. The Balaban J connectivity index is 1.67. The van der Waals surface area contributed by atoms with Gasteiger partial charge in [0.1, 0.15) is 0 Å². The maximum Gasteiger partial charge on any atom is -0.00852 e. The van der Waals surface area contributed by atoms with Crippen molar-refractivity contribution in [3.8, 4) is 0 Å². The summed E-state index contributed by atoms with van der Waals surface area (Å²) in [7, 11) is 0. The molecule has 0 radical (unpaired) electrons. The second kappa shape index (κ2) is 8.66. The Morgan fingerprint density at radius 2 is 1.96 bits per heavy atom. The zero-order valence-electron chi connectivity index (χ0n) is 18.2. The molecule has 0 saturated heterocycles. The van der Waals surface area contributed by atoms with E-state index in [4.69, 9.17) is 0 Å². The number of hydrogen-bond donors (Lipinski definition) is 0. The van der Waals surface area contributed by atoms with E-state index in [9.17, 15) is 0 Å². The van der Waals surface area contributed by atoms with Gasteiger partial charge in [0.25, 0.3) is 0 Å². The highest BCUT2D eigenvalue weighted by Gasteiger charge is 2.46. The molecule has 3 aliphatic rings. The minimum atomic E-state index is 0.537. The van der Waals surface area contributed by atoms with Gasteiger partial charge in [-0.05, 0) is 99.7 Å². The van der Waals surface area contributed by atoms with Crippen molar-refractivity contribution in [3.05, 3.63) is 23.8 Å². The minimum absolute atomic E-state index is 0.537. The van der Waals surface area contributed by atoms with Crippen molar-refractivity contribution >= 4 is 0 Å². The van der Waals surface area contributed by atoms with Crippen LogP contribution in [0.25, 0.3) is 0 Å². The molecule has 0 aliphatic heterocycles. The van der Waals surface area contributed by atoms with Crippen LogP contribution in [0.1, 0.15) is 105 Å². The Morgan fingerprint density at radius 3 is 2.73 bits per heavy atom. The second-order valence-corrected chi connectivity index (χ2v) is 10.7. The Labute approximate surface area is 163 Å². The first-order chi connectivity index (χ1) is 12.4. The monoisotopic (exact) mass is 356 g/mol. The molecule has 0 nitrogen and oxygen atoms in total. The molecule has 0 amide bonds. The predicted octanol–water partition coefficient (Wildman–Crippen LogP) is 8.34. The lowest BCUT2D eigenvalue weighted by atomic mass is 9.54. The molecule has 148 valence electrons. The van der Waals surface area contributed by atoms with Gasteiger partial charge in [-0.2, -0.15) is 0 Å². The molecule has 3 aliphatic carbocycles. The van der Waals surface area contributed by atoms with Crippen LogP contribution in [0.5, 0.6) is 0 Å². The van der Waals surface area contributed by atoms with Crippen LogP contribution in [0.3, 0.4) is 0 Å². The van der Waals surface area contributed by atoms with E-state index >= 15 is 0 Å². The van der Waals surface area contributed by atoms with Gasteiger partial charge in [0, 0.05) is 0 Å². The van der Waals surface area contributed by atoms with Crippen LogP contribution in [-0.4, -0.2) is 0 Å². The van der Waals surface area contributed by atoms with Gasteiger partial charge in [0.15, 0.2) is 0 Å². The lowest BCUT2D eigenvalue weighted by Crippen LogP contribution is -2.41. The Hall–Kier alpha value is -0.520. The van der Waals surface area contributed by atoms with E-state index in [1.165, 1.54) is 82.6 Å². The molecule has 2 fully saturated rings. The van der Waals surface area contributed by atoms with Gasteiger partial charge in [-0.3, -0.25) is 0 Å². The summed E-state index contributed by atoms with van der Waals surface area (Å²) >= 11 is 0. The fourth-order valence-corrected chi connectivity index (χ4v) is 6.71. The highest BCUT2D eigenvalue weighted by Crippen LogP contribution is 2.56. The Bertz CT molecular complexity index is 512. The van der Waals surface area contributed by atoms with Gasteiger partial charge in [-0.25, -0.2) is 0 Å². The van der Waals surface area contributed by atoms with Gasteiger partial charge in [-0.1, -0.05) is 57.3 Å². The molecule has 26 heavy (non-hydrogen) atoms. The van der Waals surface area contributed by atoms with Gasteiger partial charge < -0.3 is 0 Å². The quantitative estimate of drug-likeness (QED) is 0.444. The highest BCUT2D eigenvalue weighted by molar-refractivity contribution is 5.22. The molecule has 0 bridgehead atoms. The second-order valence-electron chi connectivity index (χ2n) is 10.7. The summed E-state index contributed by atoms with van der Waals surface area (Å²) < 4.78 is 0. The van der Waals surface area contributed by atoms with E-state index in [1.807, 2.05) is 5.57 Å². The zero-order chi connectivity index (χ0) is 18.7. The van der Waals surface area contributed by atoms with Crippen LogP contribution < -0.4 is 0 Å². The molecule has 3 rings (SSSR count). The molecular weight excluding hydrogens is 312 g/mol. The van der Waals surface area contributed by atoms with E-state index in [0.29, 0.717) is 5.41 Å². The Morgan fingerprint density at radius 1 is 1.15 bits per heavy atom. The van der Waals surface area contributed by atoms with E-state index < -0.39 is 0 Å². The topological polar surface area (TPSA) is 0 Å². The van der Waals surface area contributed by atoms with Crippen molar-refractivity contribution in [2.75, 3.05) is 0 Å². The normalized spacial score (nSPS) is 41.1. The molecule has 0 heterocycles. The van der Waals surface area contributed by atoms with Gasteiger partial charge in [0.05, 0.1) is 0 Å². The molecule has 6 atom stereocenters. The van der Waals surface area contributed by atoms with Gasteiger partial charge >= 0.3 is 0 Å². The van der Waals surface area contributed by atoms with E-state index in [1.54, 1.807) is 0 Å². The zero-order valence-corrected chi connectivity index (χ0v) is 18.2. The predicted molar refractivity (Wildman–Crippen MR) is 115 cm³/mol. The summed E-state index contributed by atoms with van der Waals surface area (Å²) in [4.78, 5) is 0. The third-order valence-corrected chi connectivity index (χ3v) is 8.58. The number of rotatable bonds is 4. The SMILES string of the molecule is C=C(C)CCCC1CCCC2CC=C3CC(C)CCC3(C)C2CCC1C. The summed E-state index contributed by atoms with van der Waals surface area (Å²) in [6.45, 7) is 14.0. The van der Waals surface area contributed by atoms with Crippen molar-refractivity contribution in [2.45, 2.75) is 105 Å². The van der Waals surface area contributed by atoms with Gasteiger partial charge in [-0.15, -0.1) is 6.58 Å². The lowest BCUT2D eigenvalue weighted by molar-refractivity contribution is 0.0793. The molecule has 0 heteroatoms. The van der Waals surface area contributed by atoms with Crippen LogP contribution >= 0.6 is 0 Å². The van der Waals surface area contributed by atoms with Crippen LogP contribution in [0.4, 0.5) is 0 Å². The average Bonchev–Trinajstić information content (AvgIpc) is 2.66. The fourth-order valence-electron chi connectivity index (χ4n) is 6.71. The summed E-state index contributed by atoms with van der Waals surface area (Å²) in [6.07, 6.45) is 19.8. The van der Waals surface area contributed by atoms with Gasteiger partial charge in [0.2, 0.25) is 0 Å². The fraction of sp³-hybridized carbons (Fsp3) is 0.846. The van der Waals surface area contributed by atoms with Crippen LogP contribution in [-0.2, 0) is 0 Å². The smallest absolute Gasteiger partial charge is 0.00852 e. The van der Waals surface area contributed by atoms with E-state index in [-0.39, 0.29) is 0 Å². The third kappa shape index (κ3) is 4.48. The third-order valence-electron chi connectivity index (χ3n) is 8.58. The number of allylic oxidation sites excluding steroid dienone is 3. The van der Waals surface area contributed by atoms with E-state index in [2.05, 4.69) is 40.3 Å². The molecule has 0 aromatic carbocycles. The summed E-state index contributed by atoms with van der Waals surface area (Å²) in [5.41, 5.74) is 3.75. The summed E-state index contributed by atoms with van der Waals surface area (Å²) in [6, 6.07) is 0. The van der Waals surface area contributed by atoms with Crippen LogP contribution in [0.15, 0.2) is 23.8 Å². The van der Waals surface area contributed by atoms with Crippen molar-refractivity contribution in [3.63, 3.8) is 0 Å². The maximum absolute atomic E-state index is 4.10. The first-order valence-electron chi connectivity index (χ1n) is 11.7. The molecule has 6 unspecified atom stereocenters. The van der Waals surface area contributed by atoms with Crippen molar-refractivity contribution in [2.24, 2.45) is 35.0 Å². The summed E-state index contributed by atoms with van der Waals surface area (Å²) in [5.74, 6) is 4.73. The lowest BCUT2D eigenvalue weighted by Gasteiger charge is -2.51. The Kier molecular flexibility index (Phi) is 6.73. The van der Waals surface area contributed by atoms with Crippen molar-refractivity contribution < 1.29 is 0 Å². The number of fused-ring (bicyclic) bond motifs is 3. The molecule has 0 aromatic rings. The van der Waals surface area contributed by atoms with Crippen molar-refractivity contribution in [1.82, 2.24) is 0 Å². The molecule has 0 spiro atoms. The molecular formula is C26H44. The van der Waals surface area contributed by atoms with Crippen LogP contribution in [0, 0.1) is 35.0 Å². The van der Waals surface area contributed by atoms with E-state index in [0.717, 1.165) is 29.6 Å². The standard InChI is InChI=1S/C26H44/c1-19(2)8-6-9-22-10-7-11-23-13-14-24-18-20(3)16-17-26(24,5)25(23)15-12-21(22)4/h14,20-23,25H,1,6-13,15-18H2,2-5H3. The first kappa shape index (κ1) is 20.2. The van der Waals surface area contributed by atoms with Crippen LogP contribution in [0.2, 0.25) is 0 Å². The maximum atomic E-state index is 4.10.